The van der Waals surface area contributed by atoms with Gasteiger partial charge in [0.15, 0.2) is 0 Å². The molecule has 6 nitrogen and oxygen atoms in total. The standard InChI is InChI=1S/C26H29N5O/c1-31-11-9-20(10-12-31)32-26-22-14-18(5-8-24(22)28-16-29-26)23-15-27-25-21(23)7-6-19(30-25)13-17-3-2-4-17/h5-8,14-17,20H,2-4,9-13H2,1H3,(H,27,30). The van der Waals surface area contributed by atoms with Gasteiger partial charge in [-0.15, -0.1) is 0 Å². The van der Waals surface area contributed by atoms with E-state index in [4.69, 9.17) is 9.72 Å². The molecule has 0 unspecified atom stereocenters. The zero-order chi connectivity index (χ0) is 21.5. The van der Waals surface area contributed by atoms with Gasteiger partial charge in [0.1, 0.15) is 18.1 Å². The van der Waals surface area contributed by atoms with Crippen LogP contribution in [0.2, 0.25) is 0 Å². The summed E-state index contributed by atoms with van der Waals surface area (Å²) >= 11 is 0. The van der Waals surface area contributed by atoms with Crippen LogP contribution in [0.5, 0.6) is 5.88 Å². The zero-order valence-electron chi connectivity index (χ0n) is 18.6. The predicted octanol–water partition coefficient (Wildman–Crippen LogP) is 4.99. The summed E-state index contributed by atoms with van der Waals surface area (Å²) < 4.78 is 6.35. The Morgan fingerprint density at radius 3 is 2.72 bits per heavy atom. The molecule has 164 valence electrons. The van der Waals surface area contributed by atoms with E-state index in [2.05, 4.69) is 63.4 Å². The lowest BCUT2D eigenvalue weighted by molar-refractivity contribution is 0.111. The molecule has 1 saturated heterocycles. The number of nitrogens with one attached hydrogen (secondary N) is 1. The van der Waals surface area contributed by atoms with Crippen molar-refractivity contribution >= 4 is 21.9 Å². The molecule has 0 bridgehead atoms. The van der Waals surface area contributed by atoms with Crippen LogP contribution in [-0.4, -0.2) is 51.1 Å². The number of hydrogen-bond acceptors (Lipinski definition) is 5. The number of rotatable bonds is 5. The van der Waals surface area contributed by atoms with Gasteiger partial charge >= 0.3 is 0 Å². The van der Waals surface area contributed by atoms with Crippen LogP contribution < -0.4 is 4.74 Å². The smallest absolute Gasteiger partial charge is 0.224 e. The Bertz CT molecular complexity index is 1250. The molecule has 4 heterocycles. The fourth-order valence-corrected chi connectivity index (χ4v) is 4.95. The summed E-state index contributed by atoms with van der Waals surface area (Å²) in [5.74, 6) is 1.50. The van der Waals surface area contributed by atoms with Crippen LogP contribution in [0.4, 0.5) is 0 Å². The fourth-order valence-electron chi connectivity index (χ4n) is 4.95. The highest BCUT2D eigenvalue weighted by Crippen LogP contribution is 2.34. The summed E-state index contributed by atoms with van der Waals surface area (Å²) in [6, 6.07) is 10.7. The normalized spacial score (nSPS) is 18.3. The van der Waals surface area contributed by atoms with E-state index in [0.717, 1.165) is 71.3 Å². The molecule has 6 heteroatoms. The average molecular weight is 428 g/mol. The first kappa shape index (κ1) is 19.7. The van der Waals surface area contributed by atoms with Gasteiger partial charge in [-0.05, 0) is 62.1 Å². The SMILES string of the molecule is CN1CCC(Oc2ncnc3ccc(-c4c[nH]c5nc(CC6CCC6)ccc45)cc23)CC1. The third-order valence-electron chi connectivity index (χ3n) is 7.17. The van der Waals surface area contributed by atoms with Crippen LogP contribution in [0.1, 0.15) is 37.8 Å². The molecule has 6 rings (SSSR count). The molecule has 0 amide bonds. The first-order chi connectivity index (χ1) is 15.7. The molecule has 0 radical (unpaired) electrons. The van der Waals surface area contributed by atoms with Crippen LogP contribution in [0, 0.1) is 5.92 Å². The lowest BCUT2D eigenvalue weighted by atomic mass is 9.82. The number of pyridine rings is 1. The molecule has 2 aliphatic rings. The van der Waals surface area contributed by atoms with Gasteiger partial charge in [-0.3, -0.25) is 0 Å². The Kier molecular flexibility index (Phi) is 5.02. The molecule has 0 spiro atoms. The van der Waals surface area contributed by atoms with Crippen molar-refractivity contribution in [3.05, 3.63) is 48.5 Å². The molecule has 1 aliphatic carbocycles. The van der Waals surface area contributed by atoms with Gasteiger partial charge < -0.3 is 14.6 Å². The summed E-state index contributed by atoms with van der Waals surface area (Å²) in [6.45, 7) is 2.12. The molecule has 1 N–H and O–H groups in total. The largest absolute Gasteiger partial charge is 0.474 e. The number of H-pyrrole nitrogens is 1. The molecule has 2 fully saturated rings. The van der Waals surface area contributed by atoms with Gasteiger partial charge in [0.25, 0.3) is 0 Å². The molecular weight excluding hydrogens is 398 g/mol. The molecule has 4 aromatic rings. The number of benzene rings is 1. The van der Waals surface area contributed by atoms with Crippen molar-refractivity contribution in [2.45, 2.75) is 44.6 Å². The number of piperidine rings is 1. The Labute approximate surface area is 188 Å². The van der Waals surface area contributed by atoms with Crippen molar-refractivity contribution in [2.24, 2.45) is 5.92 Å². The van der Waals surface area contributed by atoms with E-state index >= 15 is 0 Å². The second kappa shape index (κ2) is 8.17. The van der Waals surface area contributed by atoms with Crippen LogP contribution >= 0.6 is 0 Å². The van der Waals surface area contributed by atoms with Gasteiger partial charge in [-0.1, -0.05) is 25.3 Å². The number of nitrogens with zero attached hydrogens (tertiary/aromatic N) is 4. The molecule has 1 aromatic carbocycles. The zero-order valence-corrected chi connectivity index (χ0v) is 18.6. The van der Waals surface area contributed by atoms with E-state index in [0.29, 0.717) is 5.88 Å². The number of aromatic amines is 1. The van der Waals surface area contributed by atoms with Gasteiger partial charge in [0.2, 0.25) is 5.88 Å². The third-order valence-corrected chi connectivity index (χ3v) is 7.17. The Morgan fingerprint density at radius 2 is 1.91 bits per heavy atom. The van der Waals surface area contributed by atoms with Crippen molar-refractivity contribution in [2.75, 3.05) is 20.1 Å². The first-order valence-corrected chi connectivity index (χ1v) is 11.8. The van der Waals surface area contributed by atoms with E-state index < -0.39 is 0 Å². The van der Waals surface area contributed by atoms with Crippen LogP contribution in [-0.2, 0) is 6.42 Å². The number of hydrogen-bond donors (Lipinski definition) is 1. The molecule has 1 aliphatic heterocycles. The minimum absolute atomic E-state index is 0.208. The molecule has 1 saturated carbocycles. The van der Waals surface area contributed by atoms with Crippen molar-refractivity contribution in [1.29, 1.82) is 0 Å². The molecule has 32 heavy (non-hydrogen) atoms. The maximum atomic E-state index is 6.35. The van der Waals surface area contributed by atoms with Crippen molar-refractivity contribution < 1.29 is 4.74 Å². The maximum absolute atomic E-state index is 6.35. The van der Waals surface area contributed by atoms with Crippen molar-refractivity contribution in [1.82, 2.24) is 24.8 Å². The molecule has 3 aromatic heterocycles. The van der Waals surface area contributed by atoms with Gasteiger partial charge in [-0.25, -0.2) is 15.0 Å². The second-order valence-corrected chi connectivity index (χ2v) is 9.43. The summed E-state index contributed by atoms with van der Waals surface area (Å²) in [6.07, 6.45) is 11.1. The van der Waals surface area contributed by atoms with Crippen LogP contribution in [0.3, 0.4) is 0 Å². The summed E-state index contributed by atoms with van der Waals surface area (Å²) in [4.78, 5) is 19.6. The van der Waals surface area contributed by atoms with Crippen LogP contribution in [0.15, 0.2) is 42.9 Å². The number of ether oxygens (including phenoxy) is 1. The molecule has 0 atom stereocenters. The summed E-state index contributed by atoms with van der Waals surface area (Å²) in [5.41, 5.74) is 5.34. The third kappa shape index (κ3) is 3.73. The maximum Gasteiger partial charge on any atom is 0.224 e. The van der Waals surface area contributed by atoms with E-state index in [9.17, 15) is 0 Å². The van der Waals surface area contributed by atoms with E-state index in [1.54, 1.807) is 6.33 Å². The lowest BCUT2D eigenvalue weighted by Crippen LogP contribution is -2.35. The highest BCUT2D eigenvalue weighted by molar-refractivity contribution is 5.97. The second-order valence-electron chi connectivity index (χ2n) is 9.43. The predicted molar refractivity (Wildman–Crippen MR) is 127 cm³/mol. The Hall–Kier alpha value is -2.99. The van der Waals surface area contributed by atoms with E-state index in [1.807, 2.05) is 0 Å². The minimum atomic E-state index is 0.208. The van der Waals surface area contributed by atoms with Crippen molar-refractivity contribution in [3.63, 3.8) is 0 Å². The Balaban J connectivity index is 1.32. The first-order valence-electron chi connectivity index (χ1n) is 11.8. The Morgan fingerprint density at radius 1 is 1.03 bits per heavy atom. The summed E-state index contributed by atoms with van der Waals surface area (Å²) in [5, 5.41) is 2.11. The van der Waals surface area contributed by atoms with E-state index in [1.165, 1.54) is 25.0 Å². The quantitative estimate of drug-likeness (QED) is 0.486. The van der Waals surface area contributed by atoms with Gasteiger partial charge in [0, 0.05) is 35.9 Å². The monoisotopic (exact) mass is 427 g/mol. The van der Waals surface area contributed by atoms with Crippen LogP contribution in [0.25, 0.3) is 33.1 Å². The van der Waals surface area contributed by atoms with Gasteiger partial charge in [-0.2, -0.15) is 0 Å². The fraction of sp³-hybridized carbons (Fsp3) is 0.423. The number of aromatic nitrogens is 4. The van der Waals surface area contributed by atoms with Gasteiger partial charge in [0.05, 0.1) is 10.9 Å². The highest BCUT2D eigenvalue weighted by atomic mass is 16.5. The molecular formula is C26H29N5O. The van der Waals surface area contributed by atoms with E-state index in [-0.39, 0.29) is 6.10 Å². The van der Waals surface area contributed by atoms with Crippen molar-refractivity contribution in [3.8, 4) is 17.0 Å². The minimum Gasteiger partial charge on any atom is -0.474 e. The number of likely N-dealkylation sites (tertiary alicyclic amines) is 1. The lowest BCUT2D eigenvalue weighted by Gasteiger charge is -2.29. The number of fused-ring (bicyclic) bond motifs is 2. The highest BCUT2D eigenvalue weighted by Gasteiger charge is 2.21. The topological polar surface area (TPSA) is 66.9 Å². The summed E-state index contributed by atoms with van der Waals surface area (Å²) in [7, 11) is 2.16. The average Bonchev–Trinajstić information content (AvgIpc) is 3.21.